The second-order valence-electron chi connectivity index (χ2n) is 9.12. The summed E-state index contributed by atoms with van der Waals surface area (Å²) in [6, 6.07) is 13.3. The predicted octanol–water partition coefficient (Wildman–Crippen LogP) is 3.88. The third-order valence-electron chi connectivity index (χ3n) is 7.39. The fraction of sp³-hybridized carbons (Fsp3) is 0.320. The highest BCUT2D eigenvalue weighted by atomic mass is 32.2. The molecule has 9 heteroatoms. The number of hydrogen-bond acceptors (Lipinski definition) is 7. The van der Waals surface area contributed by atoms with E-state index >= 15 is 0 Å². The van der Waals surface area contributed by atoms with Gasteiger partial charge in [-0.3, -0.25) is 19.4 Å². The van der Waals surface area contributed by atoms with E-state index in [2.05, 4.69) is 0 Å². The Labute approximate surface area is 206 Å². The summed E-state index contributed by atoms with van der Waals surface area (Å²) in [6.07, 6.45) is 3.19. The number of nitrogens with zero attached hydrogens (tertiary/aromatic N) is 3. The number of likely N-dealkylation sites (tertiary alicyclic amines) is 1. The van der Waals surface area contributed by atoms with E-state index < -0.39 is 10.3 Å². The summed E-state index contributed by atoms with van der Waals surface area (Å²) in [5, 5.41) is 0. The fourth-order valence-electron chi connectivity index (χ4n) is 5.95. The number of likely N-dealkylation sites (N-methyl/N-ethyl adjacent to an activating group) is 2. The van der Waals surface area contributed by atoms with Gasteiger partial charge in [0.2, 0.25) is 5.91 Å². The molecule has 7 nitrogen and oxygen atoms in total. The van der Waals surface area contributed by atoms with Gasteiger partial charge in [-0.1, -0.05) is 41.7 Å². The molecule has 2 saturated heterocycles. The number of rotatable bonds is 3. The van der Waals surface area contributed by atoms with Gasteiger partial charge in [-0.05, 0) is 44.3 Å². The lowest BCUT2D eigenvalue weighted by molar-refractivity contribution is -0.139. The number of anilines is 1. The van der Waals surface area contributed by atoms with Crippen molar-refractivity contribution in [1.82, 2.24) is 9.80 Å². The fourth-order valence-corrected chi connectivity index (χ4v) is 8.05. The molecule has 1 aromatic carbocycles. The minimum atomic E-state index is -1.23. The van der Waals surface area contributed by atoms with Gasteiger partial charge >= 0.3 is 0 Å². The molecular formula is C25H23N3O4S2. The number of amides is 2. The normalized spacial score (nSPS) is 28.8. The minimum absolute atomic E-state index is 0.131. The molecule has 34 heavy (non-hydrogen) atoms. The molecule has 6 rings (SSSR count). The van der Waals surface area contributed by atoms with E-state index in [4.69, 9.17) is 21.1 Å². The van der Waals surface area contributed by atoms with Crippen LogP contribution in [0.3, 0.4) is 0 Å². The number of benzene rings is 1. The molecule has 174 valence electrons. The molecule has 0 bridgehead atoms. The summed E-state index contributed by atoms with van der Waals surface area (Å²) in [5.41, 5.74) is 1.44. The van der Waals surface area contributed by atoms with Crippen LogP contribution in [0.15, 0.2) is 63.8 Å². The van der Waals surface area contributed by atoms with Crippen LogP contribution in [0, 0.1) is 6.92 Å². The van der Waals surface area contributed by atoms with E-state index in [9.17, 15) is 9.59 Å². The molecule has 2 spiro atoms. The third-order valence-corrected chi connectivity index (χ3v) is 9.33. The van der Waals surface area contributed by atoms with Crippen LogP contribution in [0.1, 0.15) is 28.6 Å². The van der Waals surface area contributed by atoms with Crippen LogP contribution >= 0.6 is 24.0 Å². The van der Waals surface area contributed by atoms with Crippen molar-refractivity contribution in [3.63, 3.8) is 0 Å². The van der Waals surface area contributed by atoms with Crippen LogP contribution in [-0.2, 0) is 21.7 Å². The zero-order valence-electron chi connectivity index (χ0n) is 19.0. The summed E-state index contributed by atoms with van der Waals surface area (Å²) in [4.78, 5) is 34.1. The third kappa shape index (κ3) is 2.49. The van der Waals surface area contributed by atoms with Gasteiger partial charge in [0.05, 0.1) is 25.0 Å². The zero-order chi connectivity index (χ0) is 23.8. The lowest BCUT2D eigenvalue weighted by atomic mass is 9.73. The van der Waals surface area contributed by atoms with Crippen molar-refractivity contribution in [2.45, 2.75) is 29.7 Å². The zero-order valence-corrected chi connectivity index (χ0v) is 20.6. The molecule has 2 amide bonds. The number of aryl methyl sites for hydroxylation is 1. The Hall–Kier alpha value is -2.88. The van der Waals surface area contributed by atoms with E-state index in [0.29, 0.717) is 22.4 Å². The first kappa shape index (κ1) is 21.6. The molecular weight excluding hydrogens is 470 g/mol. The molecule has 0 N–H and O–H groups in total. The second kappa shape index (κ2) is 7.31. The Morgan fingerprint density at radius 1 is 1.09 bits per heavy atom. The summed E-state index contributed by atoms with van der Waals surface area (Å²) in [7, 11) is 3.69. The molecule has 3 aliphatic heterocycles. The summed E-state index contributed by atoms with van der Waals surface area (Å²) in [6.45, 7) is 2.69. The summed E-state index contributed by atoms with van der Waals surface area (Å²) in [5.74, 6) is 0.598. The van der Waals surface area contributed by atoms with Gasteiger partial charge < -0.3 is 13.7 Å². The van der Waals surface area contributed by atoms with E-state index in [1.165, 1.54) is 11.8 Å². The number of carbonyl (C=O) groups excluding carboxylic acids is 2. The van der Waals surface area contributed by atoms with Crippen LogP contribution in [0.4, 0.5) is 5.69 Å². The van der Waals surface area contributed by atoms with Crippen LogP contribution in [0.2, 0.25) is 0 Å². The van der Waals surface area contributed by atoms with Gasteiger partial charge in [-0.2, -0.15) is 0 Å². The van der Waals surface area contributed by atoms with Gasteiger partial charge in [0.25, 0.3) is 5.91 Å². The molecule has 0 saturated carbocycles. The average molecular weight is 494 g/mol. The molecule has 2 fully saturated rings. The van der Waals surface area contributed by atoms with E-state index in [1.54, 1.807) is 35.4 Å². The van der Waals surface area contributed by atoms with Crippen LogP contribution < -0.4 is 4.90 Å². The molecule has 2 aromatic heterocycles. The Balaban J connectivity index is 1.61. The van der Waals surface area contributed by atoms with Gasteiger partial charge in [0.1, 0.15) is 20.6 Å². The number of thiocarbonyl (C=S) groups is 1. The van der Waals surface area contributed by atoms with Gasteiger partial charge in [-0.25, -0.2) is 0 Å². The lowest BCUT2D eigenvalue weighted by Crippen LogP contribution is -2.62. The molecule has 0 aliphatic carbocycles. The van der Waals surface area contributed by atoms with Crippen molar-refractivity contribution in [3.05, 3.63) is 77.6 Å². The van der Waals surface area contributed by atoms with Crippen LogP contribution in [0.5, 0.6) is 0 Å². The highest BCUT2D eigenvalue weighted by molar-refractivity contribution is 8.25. The first-order valence-corrected chi connectivity index (χ1v) is 12.3. The van der Waals surface area contributed by atoms with Crippen molar-refractivity contribution in [3.8, 4) is 0 Å². The topological polar surface area (TPSA) is 70.1 Å². The summed E-state index contributed by atoms with van der Waals surface area (Å²) >= 11 is 7.10. The van der Waals surface area contributed by atoms with Crippen molar-refractivity contribution < 1.29 is 18.4 Å². The average Bonchev–Trinajstić information content (AvgIpc) is 3.61. The Morgan fingerprint density at radius 3 is 2.56 bits per heavy atom. The Kier molecular flexibility index (Phi) is 4.65. The van der Waals surface area contributed by atoms with Crippen molar-refractivity contribution in [1.29, 1.82) is 0 Å². The number of carbonyl (C=O) groups is 2. The van der Waals surface area contributed by atoms with Crippen molar-refractivity contribution >= 4 is 45.8 Å². The molecule has 3 atom stereocenters. The van der Waals surface area contributed by atoms with Crippen LogP contribution in [-0.4, -0.2) is 51.3 Å². The maximum Gasteiger partial charge on any atom is 0.254 e. The van der Waals surface area contributed by atoms with Gasteiger partial charge in [0.15, 0.2) is 5.54 Å². The second-order valence-corrected chi connectivity index (χ2v) is 11.0. The maximum atomic E-state index is 14.6. The van der Waals surface area contributed by atoms with E-state index in [-0.39, 0.29) is 24.3 Å². The van der Waals surface area contributed by atoms with Gasteiger partial charge in [0, 0.05) is 24.8 Å². The molecule has 3 aliphatic rings. The molecule has 5 heterocycles. The van der Waals surface area contributed by atoms with Crippen molar-refractivity contribution in [2.75, 3.05) is 25.5 Å². The Morgan fingerprint density at radius 2 is 1.85 bits per heavy atom. The molecule has 0 unspecified atom stereocenters. The SMILES string of the molecule is Cc1ccc2c(c1)[C@]1(C(=O)N2C)N(C)C[C@@H](c2ccco2)[C@@]12SC(=S)N(Cc1ccco1)C2=O. The molecule has 3 aromatic rings. The quantitative estimate of drug-likeness (QED) is 0.513. The maximum absolute atomic E-state index is 14.6. The first-order chi connectivity index (χ1) is 16.3. The minimum Gasteiger partial charge on any atom is -0.469 e. The number of fused-ring (bicyclic) bond motifs is 3. The largest absolute Gasteiger partial charge is 0.469 e. The smallest absolute Gasteiger partial charge is 0.254 e. The number of hydrogen-bond donors (Lipinski definition) is 0. The predicted molar refractivity (Wildman–Crippen MR) is 133 cm³/mol. The highest BCUT2D eigenvalue weighted by Crippen LogP contribution is 2.66. The lowest BCUT2D eigenvalue weighted by Gasteiger charge is -2.41. The highest BCUT2D eigenvalue weighted by Gasteiger charge is 2.79. The van der Waals surface area contributed by atoms with Crippen LogP contribution in [0.25, 0.3) is 0 Å². The van der Waals surface area contributed by atoms with Gasteiger partial charge in [-0.15, -0.1) is 0 Å². The number of furan rings is 2. The Bertz CT molecular complexity index is 1320. The number of thioether (sulfide) groups is 1. The summed E-state index contributed by atoms with van der Waals surface area (Å²) < 4.78 is 10.6. The monoisotopic (exact) mass is 493 g/mol. The standard InChI is InChI=1S/C25H23N3O4S2/c1-15-8-9-19-17(12-15)24(21(29)27(19)3)25(18(14-26(24)2)20-7-5-11-32-20)22(30)28(23(33)34-25)13-16-6-4-10-31-16/h4-12,18H,13-14H2,1-3H3/t18-,24+,25-/m0/s1. The van der Waals surface area contributed by atoms with E-state index in [0.717, 1.165) is 16.8 Å². The molecule has 0 radical (unpaired) electrons. The van der Waals surface area contributed by atoms with Crippen molar-refractivity contribution in [2.24, 2.45) is 0 Å². The van der Waals surface area contributed by atoms with E-state index in [1.807, 2.05) is 55.3 Å². The first-order valence-electron chi connectivity index (χ1n) is 11.0.